The Morgan fingerprint density at radius 2 is 2.22 bits per heavy atom. The number of nitrogens with one attached hydrogen (secondary N) is 2. The van der Waals surface area contributed by atoms with Gasteiger partial charge in [-0.1, -0.05) is 0 Å². The van der Waals surface area contributed by atoms with E-state index < -0.39 is 4.92 Å². The number of hydrogen-bond donors (Lipinski definition) is 2. The van der Waals surface area contributed by atoms with Gasteiger partial charge < -0.3 is 14.5 Å². The quantitative estimate of drug-likeness (QED) is 0.374. The van der Waals surface area contributed by atoms with Crippen molar-refractivity contribution >= 4 is 29.2 Å². The first-order valence-electron chi connectivity index (χ1n) is 6.48. The Labute approximate surface area is 137 Å². The predicted octanol–water partition coefficient (Wildman–Crippen LogP) is 2.29. The van der Waals surface area contributed by atoms with Crippen LogP contribution in [0.4, 0.5) is 5.69 Å². The fourth-order valence-electron chi connectivity index (χ4n) is 1.77. The standard InChI is InChI=1S/C14H14N4O4S/c1-15-14(23)17-16-8-10-4-6-12(22-10)11-5-3-9(18(19)20)7-13(11)21-2/h3-8H,1-2H3,(H2,15,17,23)/b16-8-. The lowest BCUT2D eigenvalue weighted by Crippen LogP contribution is -2.28. The second-order valence-corrected chi connectivity index (χ2v) is 4.70. The molecule has 2 rings (SSSR count). The maximum atomic E-state index is 10.8. The van der Waals surface area contributed by atoms with Crippen LogP contribution < -0.4 is 15.5 Å². The van der Waals surface area contributed by atoms with Crippen molar-refractivity contribution in [3.05, 3.63) is 46.2 Å². The zero-order valence-corrected chi connectivity index (χ0v) is 13.2. The Morgan fingerprint density at radius 1 is 1.43 bits per heavy atom. The lowest BCUT2D eigenvalue weighted by molar-refractivity contribution is -0.384. The number of furan rings is 1. The van der Waals surface area contributed by atoms with E-state index in [0.29, 0.717) is 27.9 Å². The van der Waals surface area contributed by atoms with E-state index in [0.717, 1.165) is 0 Å². The second kappa shape index (κ2) is 7.36. The second-order valence-electron chi connectivity index (χ2n) is 4.29. The van der Waals surface area contributed by atoms with E-state index in [1.807, 2.05) is 0 Å². The number of non-ortho nitro benzene ring substituents is 1. The first-order chi connectivity index (χ1) is 11.0. The van der Waals surface area contributed by atoms with E-state index in [1.54, 1.807) is 25.2 Å². The van der Waals surface area contributed by atoms with Gasteiger partial charge in [-0.3, -0.25) is 15.5 Å². The Bertz CT molecular complexity index is 757. The van der Waals surface area contributed by atoms with Crippen LogP contribution in [0.5, 0.6) is 5.75 Å². The van der Waals surface area contributed by atoms with Gasteiger partial charge in [-0.2, -0.15) is 5.10 Å². The van der Waals surface area contributed by atoms with E-state index >= 15 is 0 Å². The minimum Gasteiger partial charge on any atom is -0.496 e. The number of ether oxygens (including phenoxy) is 1. The van der Waals surface area contributed by atoms with Crippen LogP contribution in [0.2, 0.25) is 0 Å². The van der Waals surface area contributed by atoms with Crippen LogP contribution in [0.3, 0.4) is 0 Å². The van der Waals surface area contributed by atoms with Gasteiger partial charge in [0.2, 0.25) is 0 Å². The monoisotopic (exact) mass is 334 g/mol. The Balaban J connectivity index is 2.23. The van der Waals surface area contributed by atoms with Gasteiger partial charge in [-0.15, -0.1) is 0 Å². The molecule has 9 heteroatoms. The summed E-state index contributed by atoms with van der Waals surface area (Å²) in [5.41, 5.74) is 3.16. The van der Waals surface area contributed by atoms with Crippen LogP contribution in [0.1, 0.15) is 5.76 Å². The summed E-state index contributed by atoms with van der Waals surface area (Å²) >= 11 is 4.88. The summed E-state index contributed by atoms with van der Waals surface area (Å²) in [6, 6.07) is 7.75. The van der Waals surface area contributed by atoms with Gasteiger partial charge in [-0.25, -0.2) is 0 Å². The molecule has 2 aromatic rings. The molecule has 0 amide bonds. The Kier molecular flexibility index (Phi) is 5.26. The van der Waals surface area contributed by atoms with Crippen LogP contribution in [0, 0.1) is 10.1 Å². The number of benzene rings is 1. The summed E-state index contributed by atoms with van der Waals surface area (Å²) in [4.78, 5) is 10.3. The van der Waals surface area contributed by atoms with Crippen molar-refractivity contribution in [1.82, 2.24) is 10.7 Å². The lowest BCUT2D eigenvalue weighted by atomic mass is 10.1. The van der Waals surface area contributed by atoms with Crippen LogP contribution in [0.25, 0.3) is 11.3 Å². The molecule has 0 fully saturated rings. The third-order valence-corrected chi connectivity index (χ3v) is 3.17. The molecule has 1 aromatic heterocycles. The van der Waals surface area contributed by atoms with Gasteiger partial charge in [0.15, 0.2) is 5.11 Å². The molecule has 0 saturated heterocycles. The third-order valence-electron chi connectivity index (χ3n) is 2.87. The number of hydrazone groups is 1. The molecule has 23 heavy (non-hydrogen) atoms. The highest BCUT2D eigenvalue weighted by molar-refractivity contribution is 7.80. The number of methoxy groups -OCH3 is 1. The van der Waals surface area contributed by atoms with Crippen molar-refractivity contribution in [2.24, 2.45) is 5.10 Å². The predicted molar refractivity (Wildman–Crippen MR) is 89.7 cm³/mol. The zero-order valence-electron chi connectivity index (χ0n) is 12.4. The SMILES string of the molecule is CNC(=S)N/N=C\c1ccc(-c2ccc([N+](=O)[O-])cc2OC)o1. The molecule has 0 saturated carbocycles. The number of nitrogens with zero attached hydrogens (tertiary/aromatic N) is 2. The Hall–Kier alpha value is -2.94. The van der Waals surface area contributed by atoms with E-state index in [-0.39, 0.29) is 5.69 Å². The van der Waals surface area contributed by atoms with Gasteiger partial charge in [0.1, 0.15) is 17.3 Å². The largest absolute Gasteiger partial charge is 0.496 e. The summed E-state index contributed by atoms with van der Waals surface area (Å²) in [5.74, 6) is 1.35. The van der Waals surface area contributed by atoms with Gasteiger partial charge >= 0.3 is 0 Å². The highest BCUT2D eigenvalue weighted by atomic mass is 32.1. The highest BCUT2D eigenvalue weighted by Gasteiger charge is 2.15. The van der Waals surface area contributed by atoms with E-state index in [9.17, 15) is 10.1 Å². The smallest absolute Gasteiger partial charge is 0.273 e. The average Bonchev–Trinajstić information content (AvgIpc) is 3.02. The van der Waals surface area contributed by atoms with Gasteiger partial charge in [-0.05, 0) is 30.4 Å². The topological polar surface area (TPSA) is 102 Å². The van der Waals surface area contributed by atoms with E-state index in [4.69, 9.17) is 21.4 Å². The normalized spacial score (nSPS) is 10.5. The molecule has 0 radical (unpaired) electrons. The fourth-order valence-corrected chi connectivity index (χ4v) is 1.83. The number of hydrogen-bond acceptors (Lipinski definition) is 6. The lowest BCUT2D eigenvalue weighted by Gasteiger charge is -2.05. The van der Waals surface area contributed by atoms with Crippen molar-refractivity contribution in [3.8, 4) is 17.1 Å². The average molecular weight is 334 g/mol. The summed E-state index contributed by atoms with van der Waals surface area (Å²) in [6.45, 7) is 0. The summed E-state index contributed by atoms with van der Waals surface area (Å²) < 4.78 is 10.8. The summed E-state index contributed by atoms with van der Waals surface area (Å²) in [6.07, 6.45) is 1.46. The van der Waals surface area contributed by atoms with E-state index in [2.05, 4.69) is 15.8 Å². The number of rotatable bonds is 5. The van der Waals surface area contributed by atoms with Crippen molar-refractivity contribution in [2.45, 2.75) is 0 Å². The molecule has 120 valence electrons. The zero-order chi connectivity index (χ0) is 16.8. The van der Waals surface area contributed by atoms with Gasteiger partial charge in [0, 0.05) is 13.1 Å². The maximum Gasteiger partial charge on any atom is 0.273 e. The minimum absolute atomic E-state index is 0.0521. The molecule has 1 heterocycles. The minimum atomic E-state index is -0.483. The highest BCUT2D eigenvalue weighted by Crippen LogP contribution is 2.33. The van der Waals surface area contributed by atoms with Crippen LogP contribution in [-0.4, -0.2) is 30.4 Å². The van der Waals surface area contributed by atoms with E-state index in [1.165, 1.54) is 25.5 Å². The number of nitro groups is 1. The molecular formula is C14H14N4O4S. The van der Waals surface area contributed by atoms with Crippen molar-refractivity contribution in [2.75, 3.05) is 14.2 Å². The van der Waals surface area contributed by atoms with Crippen LogP contribution in [0.15, 0.2) is 39.9 Å². The molecule has 8 nitrogen and oxygen atoms in total. The first kappa shape index (κ1) is 16.4. The molecule has 0 aliphatic rings. The van der Waals surface area contributed by atoms with Crippen molar-refractivity contribution < 1.29 is 14.1 Å². The van der Waals surface area contributed by atoms with Gasteiger partial charge in [0.25, 0.3) is 5.69 Å². The molecule has 0 bridgehead atoms. The molecule has 1 aromatic carbocycles. The molecule has 2 N–H and O–H groups in total. The Morgan fingerprint density at radius 3 is 2.87 bits per heavy atom. The molecule has 0 unspecified atom stereocenters. The molecule has 0 spiro atoms. The summed E-state index contributed by atoms with van der Waals surface area (Å²) in [5, 5.41) is 17.8. The van der Waals surface area contributed by atoms with Crippen LogP contribution >= 0.6 is 12.2 Å². The molecule has 0 aliphatic heterocycles. The van der Waals surface area contributed by atoms with Crippen LogP contribution in [-0.2, 0) is 0 Å². The number of nitro benzene ring substituents is 1. The summed E-state index contributed by atoms with van der Waals surface area (Å²) in [7, 11) is 3.12. The van der Waals surface area contributed by atoms with Crippen molar-refractivity contribution in [1.29, 1.82) is 0 Å². The maximum absolute atomic E-state index is 10.8. The van der Waals surface area contributed by atoms with Crippen molar-refractivity contribution in [3.63, 3.8) is 0 Å². The molecule has 0 atom stereocenters. The molecular weight excluding hydrogens is 320 g/mol. The first-order valence-corrected chi connectivity index (χ1v) is 6.89. The third kappa shape index (κ3) is 4.04. The fraction of sp³-hybridized carbons (Fsp3) is 0.143. The molecule has 0 aliphatic carbocycles. The van der Waals surface area contributed by atoms with Gasteiger partial charge in [0.05, 0.1) is 29.9 Å². The number of thiocarbonyl (C=S) groups is 1.